The molecule has 21 heavy (non-hydrogen) atoms. The number of rotatable bonds is 6. The summed E-state index contributed by atoms with van der Waals surface area (Å²) in [6.07, 6.45) is 3.08. The highest BCUT2D eigenvalue weighted by Gasteiger charge is 2.20. The van der Waals surface area contributed by atoms with Gasteiger partial charge in [0, 0.05) is 29.8 Å². The summed E-state index contributed by atoms with van der Waals surface area (Å²) in [5, 5.41) is 0. The van der Waals surface area contributed by atoms with Crippen LogP contribution in [0.25, 0.3) is 0 Å². The molecule has 4 nitrogen and oxygen atoms in total. The zero-order valence-corrected chi connectivity index (χ0v) is 14.5. The van der Waals surface area contributed by atoms with Crippen molar-refractivity contribution in [3.8, 4) is 0 Å². The lowest BCUT2D eigenvalue weighted by Gasteiger charge is -2.19. The van der Waals surface area contributed by atoms with Gasteiger partial charge in [-0.15, -0.1) is 0 Å². The van der Waals surface area contributed by atoms with Crippen molar-refractivity contribution in [2.45, 2.75) is 44.9 Å². The van der Waals surface area contributed by atoms with Gasteiger partial charge in [-0.3, -0.25) is 4.79 Å². The number of benzene rings is 1. The van der Waals surface area contributed by atoms with Crippen molar-refractivity contribution in [1.29, 1.82) is 0 Å². The average Bonchev–Trinajstić information content (AvgIpc) is 2.36. The number of aryl methyl sites for hydroxylation is 2. The molecule has 0 fully saturated rings. The van der Waals surface area contributed by atoms with Crippen molar-refractivity contribution in [2.75, 3.05) is 13.6 Å². The lowest BCUT2D eigenvalue weighted by atomic mass is 10.0. The molecule has 0 aliphatic heterocycles. The molecule has 0 unspecified atom stereocenters. The molecule has 6 heteroatoms. The molecule has 0 bridgehead atoms. The van der Waals surface area contributed by atoms with Crippen LogP contribution < -0.4 is 0 Å². The van der Waals surface area contributed by atoms with Crippen LogP contribution in [0, 0.1) is 13.8 Å². The molecule has 1 aromatic carbocycles. The van der Waals surface area contributed by atoms with Crippen LogP contribution in [-0.2, 0) is 9.05 Å². The fourth-order valence-corrected chi connectivity index (χ4v) is 3.43. The van der Waals surface area contributed by atoms with E-state index < -0.39 is 9.05 Å². The summed E-state index contributed by atoms with van der Waals surface area (Å²) in [5.41, 5.74) is 1.69. The fraction of sp³-hybridized carbons (Fsp3) is 0.533. The van der Waals surface area contributed by atoms with Gasteiger partial charge in [-0.25, -0.2) is 8.42 Å². The van der Waals surface area contributed by atoms with Crippen LogP contribution in [0.15, 0.2) is 17.0 Å². The zero-order chi connectivity index (χ0) is 16.2. The number of amides is 1. The second kappa shape index (κ2) is 7.27. The van der Waals surface area contributed by atoms with Crippen LogP contribution in [-0.4, -0.2) is 32.8 Å². The standard InChI is InChI=1S/C15H22ClNO3S/c1-5-6-7-8-17(4)15(18)13-10-14(21(16,19)20)12(3)9-11(13)2/h9-10H,5-8H2,1-4H3. The molecule has 0 aliphatic carbocycles. The molecule has 0 spiro atoms. The van der Waals surface area contributed by atoms with Gasteiger partial charge in [0.05, 0.1) is 4.90 Å². The van der Waals surface area contributed by atoms with E-state index in [1.165, 1.54) is 6.07 Å². The molecule has 0 aliphatic rings. The number of nitrogens with zero attached hydrogens (tertiary/aromatic N) is 1. The number of hydrogen-bond donors (Lipinski definition) is 0. The molecule has 0 atom stereocenters. The summed E-state index contributed by atoms with van der Waals surface area (Å²) < 4.78 is 23.1. The predicted molar refractivity (Wildman–Crippen MR) is 85.4 cm³/mol. The van der Waals surface area contributed by atoms with Crippen molar-refractivity contribution in [3.63, 3.8) is 0 Å². The molecule has 0 saturated carbocycles. The number of unbranched alkanes of at least 4 members (excludes halogenated alkanes) is 2. The van der Waals surface area contributed by atoms with E-state index in [-0.39, 0.29) is 10.8 Å². The summed E-state index contributed by atoms with van der Waals surface area (Å²) >= 11 is 0. The van der Waals surface area contributed by atoms with E-state index >= 15 is 0 Å². The van der Waals surface area contributed by atoms with Gasteiger partial charge in [0.1, 0.15) is 0 Å². The van der Waals surface area contributed by atoms with Crippen molar-refractivity contribution in [2.24, 2.45) is 0 Å². The Bertz CT molecular complexity index is 626. The Balaban J connectivity index is 3.10. The van der Waals surface area contributed by atoms with Gasteiger partial charge in [-0.05, 0) is 37.5 Å². The Labute approximate surface area is 131 Å². The predicted octanol–water partition coefficient (Wildman–Crippen LogP) is 3.49. The largest absolute Gasteiger partial charge is 0.342 e. The van der Waals surface area contributed by atoms with Crippen LogP contribution in [0.2, 0.25) is 0 Å². The highest BCUT2D eigenvalue weighted by atomic mass is 35.7. The monoisotopic (exact) mass is 331 g/mol. The number of carbonyl (C=O) groups excluding carboxylic acids is 1. The average molecular weight is 332 g/mol. The summed E-state index contributed by atoms with van der Waals surface area (Å²) in [6.45, 7) is 6.22. The van der Waals surface area contributed by atoms with Crippen molar-refractivity contribution in [3.05, 3.63) is 28.8 Å². The van der Waals surface area contributed by atoms with Gasteiger partial charge in [-0.2, -0.15) is 0 Å². The Hall–Kier alpha value is -1.07. The molecule has 1 amide bonds. The van der Waals surface area contributed by atoms with Crippen LogP contribution in [0.4, 0.5) is 0 Å². The van der Waals surface area contributed by atoms with Crippen molar-refractivity contribution < 1.29 is 13.2 Å². The summed E-state index contributed by atoms with van der Waals surface area (Å²) in [5.74, 6) is -0.176. The van der Waals surface area contributed by atoms with Crippen LogP contribution in [0.3, 0.4) is 0 Å². The van der Waals surface area contributed by atoms with E-state index in [0.717, 1.165) is 24.8 Å². The summed E-state index contributed by atoms with van der Waals surface area (Å²) in [7, 11) is 3.30. The van der Waals surface area contributed by atoms with Crippen LogP contribution in [0.1, 0.15) is 47.7 Å². The van der Waals surface area contributed by atoms with Gasteiger partial charge >= 0.3 is 0 Å². The minimum Gasteiger partial charge on any atom is -0.342 e. The number of carbonyl (C=O) groups is 1. The van der Waals surface area contributed by atoms with Gasteiger partial charge in [-0.1, -0.05) is 25.8 Å². The summed E-state index contributed by atoms with van der Waals surface area (Å²) in [6, 6.07) is 3.06. The first kappa shape index (κ1) is 18.0. The molecular weight excluding hydrogens is 310 g/mol. The third kappa shape index (κ3) is 4.71. The lowest BCUT2D eigenvalue weighted by Crippen LogP contribution is -2.28. The maximum Gasteiger partial charge on any atom is 0.261 e. The zero-order valence-electron chi connectivity index (χ0n) is 12.9. The molecule has 0 heterocycles. The minimum atomic E-state index is -3.85. The normalized spacial score (nSPS) is 11.5. The third-order valence-electron chi connectivity index (χ3n) is 3.46. The maximum atomic E-state index is 12.4. The molecule has 0 saturated heterocycles. The highest BCUT2D eigenvalue weighted by Crippen LogP contribution is 2.24. The topological polar surface area (TPSA) is 54.5 Å². The van der Waals surface area contributed by atoms with E-state index in [9.17, 15) is 13.2 Å². The molecule has 118 valence electrons. The highest BCUT2D eigenvalue weighted by molar-refractivity contribution is 8.13. The fourth-order valence-electron chi connectivity index (χ4n) is 2.23. The van der Waals surface area contributed by atoms with Crippen molar-refractivity contribution in [1.82, 2.24) is 4.90 Å². The quantitative estimate of drug-likeness (QED) is 0.592. The first-order chi connectivity index (χ1) is 9.68. The molecule has 1 aromatic rings. The number of halogens is 1. The maximum absolute atomic E-state index is 12.4. The molecule has 0 N–H and O–H groups in total. The first-order valence-corrected chi connectivity index (χ1v) is 9.30. The van der Waals surface area contributed by atoms with E-state index in [1.54, 1.807) is 31.9 Å². The van der Waals surface area contributed by atoms with E-state index in [1.807, 2.05) is 0 Å². The Morgan fingerprint density at radius 2 is 1.81 bits per heavy atom. The smallest absolute Gasteiger partial charge is 0.261 e. The van der Waals surface area contributed by atoms with Gasteiger partial charge in [0.2, 0.25) is 0 Å². The van der Waals surface area contributed by atoms with Crippen molar-refractivity contribution >= 4 is 25.6 Å². The molecule has 0 radical (unpaired) electrons. The van der Waals surface area contributed by atoms with Crippen LogP contribution >= 0.6 is 10.7 Å². The Morgan fingerprint density at radius 1 is 1.19 bits per heavy atom. The van der Waals surface area contributed by atoms with E-state index in [2.05, 4.69) is 6.92 Å². The number of hydrogen-bond acceptors (Lipinski definition) is 3. The molecule has 1 rings (SSSR count). The van der Waals surface area contributed by atoms with Gasteiger partial charge < -0.3 is 4.90 Å². The van der Waals surface area contributed by atoms with Gasteiger partial charge in [0.25, 0.3) is 15.0 Å². The lowest BCUT2D eigenvalue weighted by molar-refractivity contribution is 0.0791. The Kier molecular flexibility index (Phi) is 6.23. The SMILES string of the molecule is CCCCCN(C)C(=O)c1cc(S(=O)(=O)Cl)c(C)cc1C. The molecule has 0 aromatic heterocycles. The van der Waals surface area contributed by atoms with E-state index in [0.29, 0.717) is 17.7 Å². The minimum absolute atomic E-state index is 0.0000693. The second-order valence-electron chi connectivity index (χ2n) is 5.30. The second-order valence-corrected chi connectivity index (χ2v) is 7.84. The summed E-state index contributed by atoms with van der Waals surface area (Å²) in [4.78, 5) is 14.1. The van der Waals surface area contributed by atoms with E-state index in [4.69, 9.17) is 10.7 Å². The van der Waals surface area contributed by atoms with Gasteiger partial charge in [0.15, 0.2) is 0 Å². The first-order valence-electron chi connectivity index (χ1n) is 6.99. The molecular formula is C15H22ClNO3S. The Morgan fingerprint density at radius 3 is 2.33 bits per heavy atom. The third-order valence-corrected chi connectivity index (χ3v) is 4.92. The van der Waals surface area contributed by atoms with Crippen LogP contribution in [0.5, 0.6) is 0 Å².